The maximum atomic E-state index is 13.1. The van der Waals surface area contributed by atoms with Gasteiger partial charge in [-0.3, -0.25) is 0 Å². The summed E-state index contributed by atoms with van der Waals surface area (Å²) < 4.78 is 48.5. The van der Waals surface area contributed by atoms with Gasteiger partial charge < -0.3 is 19.7 Å². The lowest BCUT2D eigenvalue weighted by Crippen LogP contribution is -2.35. The number of nitrogens with one attached hydrogen (secondary N) is 1. The van der Waals surface area contributed by atoms with Crippen molar-refractivity contribution < 1.29 is 27.4 Å². The lowest BCUT2D eigenvalue weighted by atomic mass is 10.2. The van der Waals surface area contributed by atoms with Crippen LogP contribution in [-0.4, -0.2) is 40.1 Å². The van der Waals surface area contributed by atoms with Gasteiger partial charge in [0.05, 0.1) is 12.1 Å². The molecule has 0 saturated carbocycles. The zero-order chi connectivity index (χ0) is 25.5. The lowest BCUT2D eigenvalue weighted by molar-refractivity contribution is -0.274. The van der Waals surface area contributed by atoms with Crippen LogP contribution in [-0.2, 0) is 6.54 Å². The van der Waals surface area contributed by atoms with Crippen LogP contribution in [0, 0.1) is 0 Å². The van der Waals surface area contributed by atoms with E-state index in [1.54, 1.807) is 39.9 Å². The molecule has 0 aliphatic heterocycles. The number of hydrogen-bond donors (Lipinski definition) is 1. The second-order valence-corrected chi connectivity index (χ2v) is 8.26. The van der Waals surface area contributed by atoms with E-state index in [1.165, 1.54) is 12.1 Å². The van der Waals surface area contributed by atoms with Crippen LogP contribution in [0.25, 0.3) is 5.52 Å². The molecule has 11 heteroatoms. The molecule has 36 heavy (non-hydrogen) atoms. The number of fused-ring (bicyclic) bond motifs is 1. The number of carbonyl (C=O) groups excluding carboxylic acids is 1. The number of rotatable bonds is 9. The fourth-order valence-corrected chi connectivity index (χ4v) is 3.66. The van der Waals surface area contributed by atoms with Crippen molar-refractivity contribution in [3.05, 3.63) is 89.7 Å². The molecule has 2 aromatic heterocycles. The van der Waals surface area contributed by atoms with Crippen molar-refractivity contribution in [1.82, 2.24) is 14.5 Å². The molecular formula is C25H22ClF3N4O3. The first-order chi connectivity index (χ1) is 17.2. The fourth-order valence-electron chi connectivity index (χ4n) is 3.48. The van der Waals surface area contributed by atoms with Gasteiger partial charge in [-0.15, -0.1) is 13.2 Å². The number of hydrogen-bond acceptors (Lipinski definition) is 4. The number of pyridine rings is 1. The second-order valence-electron chi connectivity index (χ2n) is 7.82. The summed E-state index contributed by atoms with van der Waals surface area (Å²) in [5.41, 5.74) is 2.11. The van der Waals surface area contributed by atoms with E-state index in [4.69, 9.17) is 16.3 Å². The Labute approximate surface area is 210 Å². The Kier molecular flexibility index (Phi) is 7.84. The molecule has 2 amide bonds. The number of nitrogens with zero attached hydrogens (tertiary/aromatic N) is 3. The summed E-state index contributed by atoms with van der Waals surface area (Å²) in [6, 6.07) is 17.3. The zero-order valence-corrected chi connectivity index (χ0v) is 19.7. The van der Waals surface area contributed by atoms with Gasteiger partial charge in [-0.05, 0) is 72.6 Å². The van der Waals surface area contributed by atoms with Gasteiger partial charge in [0, 0.05) is 36.2 Å². The minimum atomic E-state index is -4.79. The van der Waals surface area contributed by atoms with Crippen molar-refractivity contribution in [2.75, 3.05) is 18.5 Å². The quantitative estimate of drug-likeness (QED) is 0.261. The predicted octanol–water partition coefficient (Wildman–Crippen LogP) is 6.39. The fraction of sp³-hybridized carbons (Fsp3) is 0.200. The summed E-state index contributed by atoms with van der Waals surface area (Å²) in [5.74, 6) is 0.260. The van der Waals surface area contributed by atoms with E-state index in [0.717, 1.165) is 23.2 Å². The molecule has 0 bridgehead atoms. The van der Waals surface area contributed by atoms with Crippen LogP contribution < -0.4 is 14.8 Å². The first-order valence-corrected chi connectivity index (χ1v) is 11.4. The smallest absolute Gasteiger partial charge is 0.493 e. The number of urea groups is 1. The number of carbonyl (C=O) groups is 1. The molecule has 2 aromatic carbocycles. The molecule has 0 radical (unpaired) electrons. The highest BCUT2D eigenvalue weighted by molar-refractivity contribution is 6.30. The zero-order valence-electron chi connectivity index (χ0n) is 18.9. The van der Waals surface area contributed by atoms with Crippen LogP contribution in [0.2, 0.25) is 5.02 Å². The molecule has 4 rings (SSSR count). The molecule has 1 N–H and O–H groups in total. The van der Waals surface area contributed by atoms with E-state index in [2.05, 4.69) is 15.2 Å². The summed E-state index contributed by atoms with van der Waals surface area (Å²) in [5, 5.41) is 7.46. The molecule has 7 nitrogen and oxygen atoms in total. The van der Waals surface area contributed by atoms with Crippen LogP contribution in [0.1, 0.15) is 12.0 Å². The van der Waals surface area contributed by atoms with Crippen molar-refractivity contribution in [3.8, 4) is 11.5 Å². The first kappa shape index (κ1) is 25.2. The Morgan fingerprint density at radius 2 is 1.86 bits per heavy atom. The first-order valence-electron chi connectivity index (χ1n) is 11.0. The third-order valence-electron chi connectivity index (χ3n) is 5.10. The largest absolute Gasteiger partial charge is 0.573 e. The summed E-state index contributed by atoms with van der Waals surface area (Å²) >= 11 is 5.98. The van der Waals surface area contributed by atoms with Gasteiger partial charge in [-0.1, -0.05) is 17.7 Å². The van der Waals surface area contributed by atoms with Crippen LogP contribution in [0.3, 0.4) is 0 Å². The van der Waals surface area contributed by atoms with E-state index >= 15 is 0 Å². The van der Waals surface area contributed by atoms with E-state index in [1.807, 2.05) is 24.4 Å². The second kappa shape index (κ2) is 11.2. The molecule has 0 atom stereocenters. The number of benzene rings is 2. The van der Waals surface area contributed by atoms with E-state index in [-0.39, 0.29) is 5.75 Å². The third-order valence-corrected chi connectivity index (χ3v) is 5.34. The molecular weight excluding hydrogens is 497 g/mol. The molecule has 0 spiro atoms. The number of amides is 2. The standard InChI is InChI=1S/C25H22ClF3N4O3/c26-19-3-1-4-23(16-19)35-14-2-12-32(17-18-10-13-33-21(15-18)9-11-30-33)24(34)31-20-5-7-22(8-6-20)36-25(27,28)29/h1,3-11,13,15-16H,2,12,14,17H2,(H,31,34). The molecule has 2 heterocycles. The number of ether oxygens (including phenoxy) is 2. The van der Waals surface area contributed by atoms with Gasteiger partial charge in [-0.2, -0.15) is 5.10 Å². The number of halogens is 4. The molecule has 4 aromatic rings. The summed E-state index contributed by atoms with van der Waals surface area (Å²) in [6.07, 6.45) is -0.760. The Bertz CT molecular complexity index is 1310. The summed E-state index contributed by atoms with van der Waals surface area (Å²) in [4.78, 5) is 14.7. The van der Waals surface area contributed by atoms with Gasteiger partial charge in [0.15, 0.2) is 0 Å². The van der Waals surface area contributed by atoms with Gasteiger partial charge in [0.2, 0.25) is 0 Å². The number of alkyl halides is 3. The van der Waals surface area contributed by atoms with Gasteiger partial charge >= 0.3 is 12.4 Å². The maximum absolute atomic E-state index is 13.1. The third kappa shape index (κ3) is 7.29. The molecule has 0 saturated heterocycles. The van der Waals surface area contributed by atoms with Crippen molar-refractivity contribution in [1.29, 1.82) is 0 Å². The molecule has 0 fully saturated rings. The van der Waals surface area contributed by atoms with Crippen molar-refractivity contribution >= 4 is 28.8 Å². The lowest BCUT2D eigenvalue weighted by Gasteiger charge is -2.23. The van der Waals surface area contributed by atoms with E-state index in [0.29, 0.717) is 42.6 Å². The highest BCUT2D eigenvalue weighted by atomic mass is 35.5. The van der Waals surface area contributed by atoms with E-state index < -0.39 is 12.4 Å². The van der Waals surface area contributed by atoms with Crippen LogP contribution >= 0.6 is 11.6 Å². The topological polar surface area (TPSA) is 68.1 Å². The minimum Gasteiger partial charge on any atom is -0.493 e. The molecule has 0 unspecified atom stereocenters. The molecule has 0 aliphatic carbocycles. The Morgan fingerprint density at radius 1 is 1.06 bits per heavy atom. The Balaban J connectivity index is 1.41. The van der Waals surface area contributed by atoms with Crippen molar-refractivity contribution in [2.45, 2.75) is 19.3 Å². The van der Waals surface area contributed by atoms with Crippen LogP contribution in [0.4, 0.5) is 23.7 Å². The minimum absolute atomic E-state index is 0.306. The Hall–Kier alpha value is -3.92. The van der Waals surface area contributed by atoms with E-state index in [9.17, 15) is 18.0 Å². The van der Waals surface area contributed by atoms with Gasteiger partial charge in [0.1, 0.15) is 11.5 Å². The average Bonchev–Trinajstić information content (AvgIpc) is 3.29. The number of anilines is 1. The SMILES string of the molecule is O=C(Nc1ccc(OC(F)(F)F)cc1)N(CCCOc1cccc(Cl)c1)Cc1ccn2nccc2c1. The maximum Gasteiger partial charge on any atom is 0.573 e. The van der Waals surface area contributed by atoms with Crippen molar-refractivity contribution in [2.24, 2.45) is 0 Å². The highest BCUT2D eigenvalue weighted by Crippen LogP contribution is 2.24. The molecule has 0 aliphatic rings. The van der Waals surface area contributed by atoms with Crippen molar-refractivity contribution in [3.63, 3.8) is 0 Å². The molecule has 188 valence electrons. The highest BCUT2D eigenvalue weighted by Gasteiger charge is 2.31. The van der Waals surface area contributed by atoms with Crippen LogP contribution in [0.15, 0.2) is 79.1 Å². The predicted molar refractivity (Wildman–Crippen MR) is 129 cm³/mol. The van der Waals surface area contributed by atoms with Gasteiger partial charge in [-0.25, -0.2) is 9.31 Å². The Morgan fingerprint density at radius 3 is 2.61 bits per heavy atom. The monoisotopic (exact) mass is 518 g/mol. The summed E-state index contributed by atoms with van der Waals surface area (Å²) in [6.45, 7) is 1.03. The average molecular weight is 519 g/mol. The number of aromatic nitrogens is 2. The van der Waals surface area contributed by atoms with Gasteiger partial charge in [0.25, 0.3) is 0 Å². The van der Waals surface area contributed by atoms with Crippen LogP contribution in [0.5, 0.6) is 11.5 Å². The summed E-state index contributed by atoms with van der Waals surface area (Å²) in [7, 11) is 0. The normalized spacial score (nSPS) is 11.3.